The molecule has 0 aliphatic heterocycles. The van der Waals surface area contributed by atoms with E-state index in [4.69, 9.17) is 5.84 Å². The molecule has 1 aliphatic carbocycles. The minimum Gasteiger partial charge on any atom is -0.271 e. The second-order valence-corrected chi connectivity index (χ2v) is 5.19. The molecule has 2 aromatic carbocycles. The first kappa shape index (κ1) is 13.2. The third-order valence-electron chi connectivity index (χ3n) is 4.01. The van der Waals surface area contributed by atoms with Crippen LogP contribution in [0.2, 0.25) is 0 Å². The number of hydrogen-bond donors (Lipinski definition) is 2. The fraction of sp³-hybridized carbons (Fsp3) is 0.250. The molecule has 0 spiro atoms. The molecule has 3 N–H and O–H groups in total. The van der Waals surface area contributed by atoms with Crippen molar-refractivity contribution >= 4 is 0 Å². The summed E-state index contributed by atoms with van der Waals surface area (Å²) in [5.41, 5.74) is 5.77. The normalized spacial score (nSPS) is 18.9. The van der Waals surface area contributed by atoms with Crippen LogP contribution in [-0.4, -0.2) is 0 Å². The average molecular weight is 274 g/mol. The predicted octanol–water partition coefficient (Wildman–Crippen LogP) is 3.20. The second-order valence-electron chi connectivity index (χ2n) is 5.19. The van der Waals surface area contributed by atoms with Crippen molar-refractivity contribution in [3.05, 3.63) is 70.8 Å². The van der Waals surface area contributed by atoms with Crippen molar-refractivity contribution in [2.75, 3.05) is 0 Å². The van der Waals surface area contributed by atoms with E-state index in [0.717, 1.165) is 18.9 Å². The zero-order chi connectivity index (χ0) is 14.1. The number of nitrogens with one attached hydrogen (secondary N) is 1. The van der Waals surface area contributed by atoms with Gasteiger partial charge in [0, 0.05) is 12.0 Å². The minimum atomic E-state index is -0.577. The second kappa shape index (κ2) is 5.31. The van der Waals surface area contributed by atoms with Crippen LogP contribution < -0.4 is 11.3 Å². The Morgan fingerprint density at radius 2 is 1.80 bits per heavy atom. The van der Waals surface area contributed by atoms with Gasteiger partial charge < -0.3 is 0 Å². The van der Waals surface area contributed by atoms with Crippen LogP contribution in [0.15, 0.2) is 42.5 Å². The number of nitrogens with two attached hydrogens (primary N) is 1. The summed E-state index contributed by atoms with van der Waals surface area (Å²) in [6.07, 6.45) is 1.89. The molecule has 2 aromatic rings. The van der Waals surface area contributed by atoms with E-state index >= 15 is 0 Å². The van der Waals surface area contributed by atoms with E-state index in [1.807, 2.05) is 12.1 Å². The largest absolute Gasteiger partial charge is 0.271 e. The van der Waals surface area contributed by atoms with Crippen LogP contribution in [0, 0.1) is 11.6 Å². The quantitative estimate of drug-likeness (QED) is 0.666. The van der Waals surface area contributed by atoms with Gasteiger partial charge in [0.2, 0.25) is 0 Å². The zero-order valence-electron chi connectivity index (χ0n) is 10.9. The fourth-order valence-corrected chi connectivity index (χ4v) is 3.14. The van der Waals surface area contributed by atoms with Gasteiger partial charge in [-0.15, -0.1) is 0 Å². The molecule has 0 aromatic heterocycles. The molecule has 0 saturated carbocycles. The van der Waals surface area contributed by atoms with Crippen molar-refractivity contribution in [1.82, 2.24) is 5.43 Å². The van der Waals surface area contributed by atoms with Gasteiger partial charge in [-0.3, -0.25) is 11.3 Å². The molecule has 0 bridgehead atoms. The van der Waals surface area contributed by atoms with E-state index in [-0.39, 0.29) is 12.0 Å². The summed E-state index contributed by atoms with van der Waals surface area (Å²) in [5, 5.41) is 0. The van der Waals surface area contributed by atoms with Crippen molar-refractivity contribution in [2.24, 2.45) is 5.84 Å². The Hall–Kier alpha value is -1.78. The Kier molecular flexibility index (Phi) is 3.51. The van der Waals surface area contributed by atoms with Crippen molar-refractivity contribution in [1.29, 1.82) is 0 Å². The van der Waals surface area contributed by atoms with Crippen molar-refractivity contribution < 1.29 is 8.78 Å². The highest BCUT2D eigenvalue weighted by Crippen LogP contribution is 2.41. The highest BCUT2D eigenvalue weighted by Gasteiger charge is 2.30. The van der Waals surface area contributed by atoms with Gasteiger partial charge in [-0.05, 0) is 41.7 Å². The number of aryl methyl sites for hydroxylation is 1. The monoisotopic (exact) mass is 274 g/mol. The Bertz CT molecular complexity index is 607. The van der Waals surface area contributed by atoms with Gasteiger partial charge in [0.25, 0.3) is 0 Å². The SMILES string of the molecule is NNC(c1cc(F)cc(F)c1)C1CCc2ccccc21. The molecule has 0 saturated heterocycles. The van der Waals surface area contributed by atoms with Crippen LogP contribution >= 0.6 is 0 Å². The number of benzene rings is 2. The molecule has 3 rings (SSSR count). The van der Waals surface area contributed by atoms with Crippen LogP contribution in [0.1, 0.15) is 35.1 Å². The van der Waals surface area contributed by atoms with Gasteiger partial charge in [-0.2, -0.15) is 0 Å². The Morgan fingerprint density at radius 3 is 2.50 bits per heavy atom. The number of rotatable bonds is 3. The summed E-state index contributed by atoms with van der Waals surface area (Å²) in [6, 6.07) is 11.4. The Labute approximate surface area is 116 Å². The summed E-state index contributed by atoms with van der Waals surface area (Å²) in [5.74, 6) is 4.63. The lowest BCUT2D eigenvalue weighted by Gasteiger charge is -2.24. The van der Waals surface area contributed by atoms with E-state index in [9.17, 15) is 8.78 Å². The number of halogens is 2. The van der Waals surface area contributed by atoms with Crippen LogP contribution in [0.3, 0.4) is 0 Å². The summed E-state index contributed by atoms with van der Waals surface area (Å²) in [4.78, 5) is 0. The number of hydrogen-bond acceptors (Lipinski definition) is 2. The van der Waals surface area contributed by atoms with Gasteiger partial charge in [0.05, 0.1) is 6.04 Å². The molecule has 0 fully saturated rings. The highest BCUT2D eigenvalue weighted by molar-refractivity contribution is 5.38. The maximum Gasteiger partial charge on any atom is 0.126 e. The van der Waals surface area contributed by atoms with E-state index in [1.165, 1.54) is 23.3 Å². The Morgan fingerprint density at radius 1 is 1.10 bits per heavy atom. The van der Waals surface area contributed by atoms with Gasteiger partial charge in [-0.1, -0.05) is 24.3 Å². The number of fused-ring (bicyclic) bond motifs is 1. The van der Waals surface area contributed by atoms with E-state index in [0.29, 0.717) is 5.56 Å². The minimum absolute atomic E-state index is 0.136. The Balaban J connectivity index is 1.99. The summed E-state index contributed by atoms with van der Waals surface area (Å²) >= 11 is 0. The molecule has 0 heterocycles. The van der Waals surface area contributed by atoms with Crippen LogP contribution in [0.4, 0.5) is 8.78 Å². The summed E-state index contributed by atoms with van der Waals surface area (Å²) in [7, 11) is 0. The van der Waals surface area contributed by atoms with E-state index in [1.54, 1.807) is 0 Å². The van der Waals surface area contributed by atoms with Crippen LogP contribution in [0.5, 0.6) is 0 Å². The topological polar surface area (TPSA) is 38.0 Å². The van der Waals surface area contributed by atoms with Gasteiger partial charge in [0.1, 0.15) is 11.6 Å². The molecule has 2 atom stereocenters. The van der Waals surface area contributed by atoms with Crippen molar-refractivity contribution in [3.63, 3.8) is 0 Å². The molecule has 2 nitrogen and oxygen atoms in total. The van der Waals surface area contributed by atoms with Crippen molar-refractivity contribution in [3.8, 4) is 0 Å². The fourth-order valence-electron chi connectivity index (χ4n) is 3.14. The number of hydrazine groups is 1. The lowest BCUT2D eigenvalue weighted by Crippen LogP contribution is -2.32. The smallest absolute Gasteiger partial charge is 0.126 e. The van der Waals surface area contributed by atoms with E-state index in [2.05, 4.69) is 17.6 Å². The standard InChI is InChI=1S/C16H16F2N2/c17-12-7-11(8-13(18)9-12)16(20-19)15-6-5-10-3-1-2-4-14(10)15/h1-4,7-9,15-16,20H,5-6,19H2. The molecule has 0 radical (unpaired) electrons. The third kappa shape index (κ3) is 2.32. The average Bonchev–Trinajstić information content (AvgIpc) is 2.83. The van der Waals surface area contributed by atoms with Crippen molar-refractivity contribution in [2.45, 2.75) is 24.8 Å². The molecular weight excluding hydrogens is 258 g/mol. The molecule has 4 heteroatoms. The first-order chi connectivity index (χ1) is 9.69. The summed E-state index contributed by atoms with van der Waals surface area (Å²) < 4.78 is 26.8. The van der Waals surface area contributed by atoms with Crippen LogP contribution in [0.25, 0.3) is 0 Å². The molecule has 2 unspecified atom stereocenters. The van der Waals surface area contributed by atoms with Gasteiger partial charge in [0.15, 0.2) is 0 Å². The highest BCUT2D eigenvalue weighted by atomic mass is 19.1. The first-order valence-corrected chi connectivity index (χ1v) is 6.69. The molecule has 104 valence electrons. The molecule has 20 heavy (non-hydrogen) atoms. The molecular formula is C16H16F2N2. The third-order valence-corrected chi connectivity index (χ3v) is 4.01. The molecule has 1 aliphatic rings. The molecule has 0 amide bonds. The first-order valence-electron chi connectivity index (χ1n) is 6.69. The van der Waals surface area contributed by atoms with Gasteiger partial charge >= 0.3 is 0 Å². The van der Waals surface area contributed by atoms with Crippen LogP contribution in [-0.2, 0) is 6.42 Å². The maximum absolute atomic E-state index is 13.4. The maximum atomic E-state index is 13.4. The zero-order valence-corrected chi connectivity index (χ0v) is 10.9. The predicted molar refractivity (Wildman–Crippen MR) is 73.9 cm³/mol. The van der Waals surface area contributed by atoms with E-state index < -0.39 is 11.6 Å². The van der Waals surface area contributed by atoms with Gasteiger partial charge in [-0.25, -0.2) is 8.78 Å². The lowest BCUT2D eigenvalue weighted by molar-refractivity contribution is 0.447. The lowest BCUT2D eigenvalue weighted by atomic mass is 9.88. The summed E-state index contributed by atoms with van der Waals surface area (Å²) in [6.45, 7) is 0.